The molecule has 1 aromatic rings. The number of aliphatic hydroxyl groups is 1. The molecule has 2 N–H and O–H groups in total. The summed E-state index contributed by atoms with van der Waals surface area (Å²) in [7, 11) is 0. The number of aliphatic hydroxyl groups excluding tert-OH is 1. The average Bonchev–Trinajstić information content (AvgIpc) is 3.19. The van der Waals surface area contributed by atoms with Crippen molar-refractivity contribution in [1.82, 2.24) is 20.3 Å². The molecule has 6 heteroatoms. The predicted molar refractivity (Wildman–Crippen MR) is 82.0 cm³/mol. The Hall–Kier alpha value is -1.43. The Bertz CT molecular complexity index is 496. The smallest absolute Gasteiger partial charge is 0.220 e. The van der Waals surface area contributed by atoms with E-state index in [1.165, 1.54) is 25.7 Å². The summed E-state index contributed by atoms with van der Waals surface area (Å²) in [4.78, 5) is 12.3. The molecular weight excluding hydrogens is 280 g/mol. The molecule has 1 heterocycles. The molecule has 3 rings (SSSR count). The zero-order valence-corrected chi connectivity index (χ0v) is 13.1. The van der Waals surface area contributed by atoms with E-state index in [2.05, 4.69) is 15.6 Å². The van der Waals surface area contributed by atoms with Crippen molar-refractivity contribution in [2.45, 2.75) is 76.5 Å². The molecule has 0 radical (unpaired) electrons. The van der Waals surface area contributed by atoms with Gasteiger partial charge in [0.1, 0.15) is 5.69 Å². The van der Waals surface area contributed by atoms with Crippen LogP contribution in [0, 0.1) is 5.92 Å². The van der Waals surface area contributed by atoms with Gasteiger partial charge in [0.05, 0.1) is 24.9 Å². The Labute approximate surface area is 131 Å². The van der Waals surface area contributed by atoms with Crippen molar-refractivity contribution >= 4 is 5.91 Å². The van der Waals surface area contributed by atoms with Crippen LogP contribution in [0.2, 0.25) is 0 Å². The molecule has 2 fully saturated rings. The maximum Gasteiger partial charge on any atom is 0.220 e. The minimum Gasteiger partial charge on any atom is -0.390 e. The third-order valence-electron chi connectivity index (χ3n) is 5.08. The first kappa shape index (κ1) is 15.5. The Morgan fingerprint density at radius 1 is 1.23 bits per heavy atom. The molecule has 0 unspecified atom stereocenters. The summed E-state index contributed by atoms with van der Waals surface area (Å²) >= 11 is 0. The molecule has 0 saturated heterocycles. The third-order valence-corrected chi connectivity index (χ3v) is 5.08. The van der Waals surface area contributed by atoms with Gasteiger partial charge in [-0.25, -0.2) is 4.68 Å². The molecular formula is C16H26N4O2. The van der Waals surface area contributed by atoms with E-state index in [0.29, 0.717) is 18.0 Å². The fourth-order valence-corrected chi connectivity index (χ4v) is 3.89. The van der Waals surface area contributed by atoms with Crippen LogP contribution in [0.25, 0.3) is 0 Å². The molecule has 6 nitrogen and oxygen atoms in total. The van der Waals surface area contributed by atoms with Crippen LogP contribution in [0.4, 0.5) is 0 Å². The van der Waals surface area contributed by atoms with E-state index in [-0.39, 0.29) is 24.6 Å². The second-order valence-electron chi connectivity index (χ2n) is 6.73. The molecule has 0 aliphatic heterocycles. The fraction of sp³-hybridized carbons (Fsp3) is 0.812. The number of aromatic nitrogens is 3. The highest BCUT2D eigenvalue weighted by Crippen LogP contribution is 2.30. The fourth-order valence-electron chi connectivity index (χ4n) is 3.89. The second-order valence-corrected chi connectivity index (χ2v) is 6.73. The summed E-state index contributed by atoms with van der Waals surface area (Å²) in [5.41, 5.74) is 0.585. The molecule has 2 aliphatic rings. The van der Waals surface area contributed by atoms with Gasteiger partial charge in [0.2, 0.25) is 5.91 Å². The lowest BCUT2D eigenvalue weighted by Crippen LogP contribution is -2.43. The molecule has 1 amide bonds. The minimum atomic E-state index is -0.0918. The summed E-state index contributed by atoms with van der Waals surface area (Å²) in [6.45, 7) is -0.0918. The SMILES string of the molecule is O=C(CC1CCCC1)N[C@H]1CCCC[C@H]1n1cc(CO)nn1. The molecule has 22 heavy (non-hydrogen) atoms. The average molecular weight is 306 g/mol. The Morgan fingerprint density at radius 3 is 2.68 bits per heavy atom. The van der Waals surface area contributed by atoms with Crippen LogP contribution in [0.3, 0.4) is 0 Å². The van der Waals surface area contributed by atoms with Crippen molar-refractivity contribution in [1.29, 1.82) is 0 Å². The summed E-state index contributed by atoms with van der Waals surface area (Å²) < 4.78 is 1.82. The lowest BCUT2D eigenvalue weighted by atomic mass is 9.90. The number of amides is 1. The Morgan fingerprint density at radius 2 is 1.95 bits per heavy atom. The van der Waals surface area contributed by atoms with Crippen LogP contribution in [0.15, 0.2) is 6.20 Å². The zero-order valence-electron chi connectivity index (χ0n) is 13.1. The molecule has 2 aliphatic carbocycles. The van der Waals surface area contributed by atoms with E-state index in [1.54, 1.807) is 6.20 Å². The van der Waals surface area contributed by atoms with Gasteiger partial charge in [0.15, 0.2) is 0 Å². The van der Waals surface area contributed by atoms with Crippen LogP contribution in [-0.4, -0.2) is 32.0 Å². The maximum atomic E-state index is 12.3. The lowest BCUT2D eigenvalue weighted by Gasteiger charge is -2.32. The van der Waals surface area contributed by atoms with Gasteiger partial charge in [-0.05, 0) is 31.6 Å². The third kappa shape index (κ3) is 3.66. The van der Waals surface area contributed by atoms with E-state index in [4.69, 9.17) is 5.11 Å². The summed E-state index contributed by atoms with van der Waals surface area (Å²) in [6, 6.07) is 0.296. The van der Waals surface area contributed by atoms with Gasteiger partial charge in [-0.1, -0.05) is 30.9 Å². The topological polar surface area (TPSA) is 80.0 Å². The van der Waals surface area contributed by atoms with Gasteiger partial charge in [0, 0.05) is 6.42 Å². The molecule has 0 spiro atoms. The maximum absolute atomic E-state index is 12.3. The molecule has 1 aromatic heterocycles. The largest absolute Gasteiger partial charge is 0.390 e. The lowest BCUT2D eigenvalue weighted by molar-refractivity contribution is -0.123. The quantitative estimate of drug-likeness (QED) is 0.871. The number of rotatable bonds is 5. The van der Waals surface area contributed by atoms with Crippen molar-refractivity contribution in [2.24, 2.45) is 5.92 Å². The van der Waals surface area contributed by atoms with Crippen LogP contribution in [0.5, 0.6) is 0 Å². The van der Waals surface area contributed by atoms with E-state index in [0.717, 1.165) is 25.7 Å². The standard InChI is InChI=1S/C16H26N4O2/c21-11-13-10-20(19-18-13)15-8-4-3-7-14(15)17-16(22)9-12-5-1-2-6-12/h10,12,14-15,21H,1-9,11H2,(H,17,22)/t14-,15+/m0/s1. The number of carbonyl (C=O) groups is 1. The van der Waals surface area contributed by atoms with Gasteiger partial charge >= 0.3 is 0 Å². The van der Waals surface area contributed by atoms with Crippen LogP contribution >= 0.6 is 0 Å². The van der Waals surface area contributed by atoms with E-state index in [1.807, 2.05) is 4.68 Å². The first-order valence-electron chi connectivity index (χ1n) is 8.57. The Balaban J connectivity index is 1.60. The highest BCUT2D eigenvalue weighted by atomic mass is 16.3. The first-order chi connectivity index (χ1) is 10.8. The van der Waals surface area contributed by atoms with Gasteiger partial charge in [-0.3, -0.25) is 4.79 Å². The zero-order chi connectivity index (χ0) is 15.4. The van der Waals surface area contributed by atoms with Crippen molar-refractivity contribution in [2.75, 3.05) is 0 Å². The number of carbonyl (C=O) groups excluding carboxylic acids is 1. The van der Waals surface area contributed by atoms with Crippen LogP contribution < -0.4 is 5.32 Å². The second kappa shape index (κ2) is 7.22. The van der Waals surface area contributed by atoms with Crippen LogP contribution in [0.1, 0.15) is 69.5 Å². The van der Waals surface area contributed by atoms with Gasteiger partial charge in [-0.15, -0.1) is 5.10 Å². The highest BCUT2D eigenvalue weighted by Gasteiger charge is 2.29. The first-order valence-corrected chi connectivity index (χ1v) is 8.57. The monoisotopic (exact) mass is 306 g/mol. The summed E-state index contributed by atoms with van der Waals surface area (Å²) in [5, 5.41) is 20.4. The normalized spacial score (nSPS) is 26.2. The Kier molecular flexibility index (Phi) is 5.08. The van der Waals surface area contributed by atoms with Crippen molar-refractivity contribution in [3.63, 3.8) is 0 Å². The van der Waals surface area contributed by atoms with Crippen molar-refractivity contribution in [3.8, 4) is 0 Å². The van der Waals surface area contributed by atoms with Crippen molar-refractivity contribution in [3.05, 3.63) is 11.9 Å². The molecule has 0 aromatic carbocycles. The molecule has 2 atom stereocenters. The molecule has 122 valence electrons. The van der Waals surface area contributed by atoms with Gasteiger partial charge < -0.3 is 10.4 Å². The molecule has 0 bridgehead atoms. The predicted octanol–water partition coefficient (Wildman–Crippen LogP) is 1.95. The summed E-state index contributed by atoms with van der Waals surface area (Å²) in [6.07, 6.45) is 11.7. The van der Waals surface area contributed by atoms with Gasteiger partial charge in [-0.2, -0.15) is 0 Å². The number of hydrogen-bond acceptors (Lipinski definition) is 4. The number of nitrogens with one attached hydrogen (secondary N) is 1. The van der Waals surface area contributed by atoms with Crippen LogP contribution in [-0.2, 0) is 11.4 Å². The number of hydrogen-bond donors (Lipinski definition) is 2. The van der Waals surface area contributed by atoms with E-state index >= 15 is 0 Å². The minimum absolute atomic E-state index is 0.0918. The van der Waals surface area contributed by atoms with E-state index < -0.39 is 0 Å². The summed E-state index contributed by atoms with van der Waals surface area (Å²) in [5.74, 6) is 0.765. The number of nitrogens with zero attached hydrogens (tertiary/aromatic N) is 3. The van der Waals surface area contributed by atoms with Crippen molar-refractivity contribution < 1.29 is 9.90 Å². The molecule has 2 saturated carbocycles. The highest BCUT2D eigenvalue weighted by molar-refractivity contribution is 5.76. The van der Waals surface area contributed by atoms with E-state index in [9.17, 15) is 4.79 Å². The van der Waals surface area contributed by atoms with Gasteiger partial charge in [0.25, 0.3) is 0 Å².